The molecule has 0 atom stereocenters. The van der Waals surface area contributed by atoms with E-state index in [1.165, 1.54) is 22.5 Å². The SMILES string of the molecule is Cl.O=S(=O)(c1ccccc1NCCO)N1CCC(=NOCc2cccc(C(F)(F)F)c2)CC1. The van der Waals surface area contributed by atoms with Crippen LogP contribution in [0.5, 0.6) is 0 Å². The van der Waals surface area contributed by atoms with Crippen molar-refractivity contribution in [3.63, 3.8) is 0 Å². The van der Waals surface area contributed by atoms with Crippen LogP contribution in [0.2, 0.25) is 0 Å². The molecular weight excluding hydrogens is 483 g/mol. The lowest BCUT2D eigenvalue weighted by Gasteiger charge is -2.27. The van der Waals surface area contributed by atoms with E-state index in [4.69, 9.17) is 9.94 Å². The van der Waals surface area contributed by atoms with Crippen molar-refractivity contribution in [2.75, 3.05) is 31.6 Å². The van der Waals surface area contributed by atoms with E-state index in [0.717, 1.165) is 12.1 Å². The molecule has 0 unspecified atom stereocenters. The Bertz CT molecular complexity index is 1050. The van der Waals surface area contributed by atoms with Gasteiger partial charge < -0.3 is 15.3 Å². The average molecular weight is 508 g/mol. The van der Waals surface area contributed by atoms with E-state index < -0.39 is 21.8 Å². The van der Waals surface area contributed by atoms with Gasteiger partial charge in [-0.1, -0.05) is 29.4 Å². The van der Waals surface area contributed by atoms with Crippen molar-refractivity contribution < 1.29 is 31.5 Å². The van der Waals surface area contributed by atoms with Crippen molar-refractivity contribution >= 4 is 33.8 Å². The highest BCUT2D eigenvalue weighted by molar-refractivity contribution is 7.89. The Morgan fingerprint density at radius 1 is 1.09 bits per heavy atom. The molecular formula is C21H25ClF3N3O4S. The summed E-state index contributed by atoms with van der Waals surface area (Å²) in [5.74, 6) is 0. The predicted molar refractivity (Wildman–Crippen MR) is 121 cm³/mol. The Morgan fingerprint density at radius 2 is 1.79 bits per heavy atom. The molecule has 2 N–H and O–H groups in total. The van der Waals surface area contributed by atoms with E-state index in [0.29, 0.717) is 29.8 Å². The summed E-state index contributed by atoms with van der Waals surface area (Å²) in [4.78, 5) is 5.35. The Kier molecular flexibility index (Phi) is 9.53. The number of nitrogens with zero attached hydrogens (tertiary/aromatic N) is 2. The number of rotatable bonds is 8. The zero-order valence-electron chi connectivity index (χ0n) is 17.6. The van der Waals surface area contributed by atoms with Gasteiger partial charge in [0.15, 0.2) is 0 Å². The number of piperidine rings is 1. The fourth-order valence-corrected chi connectivity index (χ4v) is 4.89. The number of sulfonamides is 1. The molecule has 1 fully saturated rings. The summed E-state index contributed by atoms with van der Waals surface area (Å²) >= 11 is 0. The van der Waals surface area contributed by atoms with Gasteiger partial charge in [0.2, 0.25) is 10.0 Å². The maximum absolute atomic E-state index is 13.1. The fraction of sp³-hybridized carbons (Fsp3) is 0.381. The van der Waals surface area contributed by atoms with Crippen LogP contribution >= 0.6 is 12.4 Å². The molecule has 1 aliphatic heterocycles. The zero-order chi connectivity index (χ0) is 23.2. The third-order valence-corrected chi connectivity index (χ3v) is 6.87. The second-order valence-electron chi connectivity index (χ2n) is 7.18. The maximum Gasteiger partial charge on any atom is 0.416 e. The van der Waals surface area contributed by atoms with Gasteiger partial charge in [0, 0.05) is 32.5 Å². The van der Waals surface area contributed by atoms with Crippen LogP contribution in [0, 0.1) is 0 Å². The molecule has 182 valence electrons. The van der Waals surface area contributed by atoms with E-state index in [-0.39, 0.29) is 50.2 Å². The number of hydrogen-bond acceptors (Lipinski definition) is 6. The van der Waals surface area contributed by atoms with Crippen LogP contribution < -0.4 is 5.32 Å². The van der Waals surface area contributed by atoms with Crippen LogP contribution in [-0.2, 0) is 27.6 Å². The Morgan fingerprint density at radius 3 is 2.45 bits per heavy atom. The molecule has 1 heterocycles. The van der Waals surface area contributed by atoms with Gasteiger partial charge in [-0.2, -0.15) is 17.5 Å². The number of alkyl halides is 3. The zero-order valence-corrected chi connectivity index (χ0v) is 19.2. The van der Waals surface area contributed by atoms with Crippen LogP contribution in [0.4, 0.5) is 18.9 Å². The summed E-state index contributed by atoms with van der Waals surface area (Å²) < 4.78 is 65.8. The van der Waals surface area contributed by atoms with Gasteiger partial charge >= 0.3 is 6.18 Å². The molecule has 0 aromatic heterocycles. The monoisotopic (exact) mass is 507 g/mol. The molecule has 3 rings (SSSR count). The summed E-state index contributed by atoms with van der Waals surface area (Å²) in [6, 6.07) is 11.3. The Balaban J connectivity index is 0.00000385. The highest BCUT2D eigenvalue weighted by Gasteiger charge is 2.31. The minimum absolute atomic E-state index is 0. The van der Waals surface area contributed by atoms with Gasteiger partial charge in [-0.25, -0.2) is 8.42 Å². The Labute approximate surface area is 196 Å². The molecule has 2 aromatic rings. The van der Waals surface area contributed by atoms with Crippen LogP contribution in [0.15, 0.2) is 58.6 Å². The summed E-state index contributed by atoms with van der Waals surface area (Å²) in [6.07, 6.45) is -3.71. The van der Waals surface area contributed by atoms with Crippen molar-refractivity contribution in [1.82, 2.24) is 4.31 Å². The van der Waals surface area contributed by atoms with Crippen molar-refractivity contribution in [2.45, 2.75) is 30.5 Å². The lowest BCUT2D eigenvalue weighted by molar-refractivity contribution is -0.137. The smallest absolute Gasteiger partial charge is 0.395 e. The van der Waals surface area contributed by atoms with Crippen molar-refractivity contribution in [2.24, 2.45) is 5.16 Å². The molecule has 33 heavy (non-hydrogen) atoms. The number of halogens is 4. The maximum atomic E-state index is 13.1. The fourth-order valence-electron chi connectivity index (χ4n) is 3.28. The summed E-state index contributed by atoms with van der Waals surface area (Å²) in [5, 5.41) is 15.9. The first-order chi connectivity index (χ1) is 15.2. The van der Waals surface area contributed by atoms with Crippen LogP contribution in [0.1, 0.15) is 24.0 Å². The largest absolute Gasteiger partial charge is 0.416 e. The van der Waals surface area contributed by atoms with Gasteiger partial charge in [0.1, 0.15) is 11.5 Å². The van der Waals surface area contributed by atoms with Crippen molar-refractivity contribution in [1.29, 1.82) is 0 Å². The predicted octanol–water partition coefficient (Wildman–Crippen LogP) is 3.89. The molecule has 0 amide bonds. The standard InChI is InChI=1S/C21H24F3N3O4S.ClH/c22-21(23,24)17-5-3-4-16(14-17)15-31-26-18-8-11-27(12-9-18)32(29,30)20-7-2-1-6-19(20)25-10-13-28;/h1-7,14,25,28H,8-13,15H2;1H. The third kappa shape index (κ3) is 7.07. The molecule has 1 saturated heterocycles. The van der Waals surface area contributed by atoms with E-state index in [1.807, 2.05) is 0 Å². The molecule has 1 aliphatic rings. The number of para-hydroxylation sites is 1. The first-order valence-electron chi connectivity index (χ1n) is 9.99. The molecule has 0 radical (unpaired) electrons. The van der Waals surface area contributed by atoms with Crippen LogP contribution in [-0.4, -0.2) is 49.8 Å². The Hall–Kier alpha value is -2.34. The second kappa shape index (κ2) is 11.7. The van der Waals surface area contributed by atoms with Crippen LogP contribution in [0.3, 0.4) is 0 Å². The number of hydrogen-bond donors (Lipinski definition) is 2. The summed E-state index contributed by atoms with van der Waals surface area (Å²) in [5.41, 5.74) is 0.662. The van der Waals surface area contributed by atoms with Crippen molar-refractivity contribution in [3.05, 3.63) is 59.7 Å². The lowest BCUT2D eigenvalue weighted by Crippen LogP contribution is -2.39. The van der Waals surface area contributed by atoms with E-state index in [2.05, 4.69) is 10.5 Å². The number of aliphatic hydroxyl groups is 1. The molecule has 12 heteroatoms. The minimum atomic E-state index is -4.42. The second-order valence-corrected chi connectivity index (χ2v) is 9.09. The van der Waals surface area contributed by atoms with Crippen LogP contribution in [0.25, 0.3) is 0 Å². The van der Waals surface area contributed by atoms with Gasteiger partial charge in [0.25, 0.3) is 0 Å². The highest BCUT2D eigenvalue weighted by atomic mass is 35.5. The normalized spacial score (nSPS) is 15.0. The van der Waals surface area contributed by atoms with Gasteiger partial charge in [0.05, 0.1) is 23.6 Å². The lowest BCUT2D eigenvalue weighted by atomic mass is 10.1. The third-order valence-electron chi connectivity index (χ3n) is 4.91. The summed E-state index contributed by atoms with van der Waals surface area (Å²) in [7, 11) is -3.74. The van der Waals surface area contributed by atoms with E-state index >= 15 is 0 Å². The number of anilines is 1. The van der Waals surface area contributed by atoms with Crippen molar-refractivity contribution in [3.8, 4) is 0 Å². The van der Waals surface area contributed by atoms with Gasteiger partial charge in [-0.05, 0) is 29.8 Å². The molecule has 0 spiro atoms. The van der Waals surface area contributed by atoms with E-state index in [1.54, 1.807) is 18.2 Å². The summed E-state index contributed by atoms with van der Waals surface area (Å²) in [6.45, 7) is 0.412. The van der Waals surface area contributed by atoms with Gasteiger partial charge in [-0.3, -0.25) is 0 Å². The number of nitrogens with one attached hydrogen (secondary N) is 1. The molecule has 0 bridgehead atoms. The number of aliphatic hydroxyl groups excluding tert-OH is 1. The number of oxime groups is 1. The quantitative estimate of drug-likeness (QED) is 0.529. The molecule has 0 saturated carbocycles. The first kappa shape index (κ1) is 26.9. The van der Waals surface area contributed by atoms with E-state index in [9.17, 15) is 21.6 Å². The molecule has 2 aromatic carbocycles. The highest BCUT2D eigenvalue weighted by Crippen LogP contribution is 2.30. The minimum Gasteiger partial charge on any atom is -0.395 e. The average Bonchev–Trinajstić information content (AvgIpc) is 2.78. The van der Waals surface area contributed by atoms with Gasteiger partial charge in [-0.15, -0.1) is 12.4 Å². The molecule has 0 aliphatic carbocycles. The first-order valence-corrected chi connectivity index (χ1v) is 11.4. The molecule has 7 nitrogen and oxygen atoms in total. The topological polar surface area (TPSA) is 91.2 Å². The number of benzene rings is 2.